The minimum absolute atomic E-state index is 0.0620. The van der Waals surface area contributed by atoms with Gasteiger partial charge in [-0.05, 0) is 74.5 Å². The van der Waals surface area contributed by atoms with Gasteiger partial charge in [-0.15, -0.1) is 11.3 Å². The van der Waals surface area contributed by atoms with Crippen molar-refractivity contribution in [1.29, 1.82) is 0 Å². The summed E-state index contributed by atoms with van der Waals surface area (Å²) in [7, 11) is 0. The number of nitrogens with zero attached hydrogens (tertiary/aromatic N) is 3. The van der Waals surface area contributed by atoms with E-state index in [-0.39, 0.29) is 11.8 Å². The number of carbonyl (C=O) groups excluding carboxylic acids is 2. The first-order valence-electron chi connectivity index (χ1n) is 10.7. The zero-order chi connectivity index (χ0) is 23.2. The largest absolute Gasteiger partial charge is 0.326 e. The molecule has 1 aromatic carbocycles. The van der Waals surface area contributed by atoms with Crippen molar-refractivity contribution in [3.8, 4) is 5.82 Å². The molecule has 0 aliphatic rings. The number of nitrogens with one attached hydrogen (secondary N) is 2. The van der Waals surface area contributed by atoms with Gasteiger partial charge in [0.15, 0.2) is 5.82 Å². The number of aromatic nitrogens is 3. The predicted octanol–water partition coefficient (Wildman–Crippen LogP) is 5.16. The number of aryl methyl sites for hydroxylation is 3. The Morgan fingerprint density at radius 3 is 2.58 bits per heavy atom. The summed E-state index contributed by atoms with van der Waals surface area (Å²) in [6, 6.07) is 16.6. The van der Waals surface area contributed by atoms with Gasteiger partial charge >= 0.3 is 0 Å². The van der Waals surface area contributed by atoms with Crippen LogP contribution in [0.4, 0.5) is 11.4 Å². The molecule has 168 valence electrons. The van der Waals surface area contributed by atoms with Crippen LogP contribution >= 0.6 is 11.3 Å². The number of anilines is 2. The van der Waals surface area contributed by atoms with Gasteiger partial charge in [-0.2, -0.15) is 5.10 Å². The van der Waals surface area contributed by atoms with Crippen LogP contribution in [0.1, 0.15) is 39.5 Å². The van der Waals surface area contributed by atoms with Crippen LogP contribution in [0.15, 0.2) is 66.2 Å². The summed E-state index contributed by atoms with van der Waals surface area (Å²) in [5.41, 5.74) is 3.53. The molecule has 0 unspecified atom stereocenters. The highest BCUT2D eigenvalue weighted by molar-refractivity contribution is 7.09. The Morgan fingerprint density at radius 1 is 1.00 bits per heavy atom. The molecule has 0 aliphatic heterocycles. The lowest BCUT2D eigenvalue weighted by Gasteiger charge is -2.09. The molecule has 8 heteroatoms. The summed E-state index contributed by atoms with van der Waals surface area (Å²) >= 11 is 1.70. The first-order chi connectivity index (χ1) is 16.0. The fourth-order valence-corrected chi connectivity index (χ4v) is 4.24. The van der Waals surface area contributed by atoms with Crippen molar-refractivity contribution < 1.29 is 9.59 Å². The van der Waals surface area contributed by atoms with E-state index in [2.05, 4.69) is 26.8 Å². The van der Waals surface area contributed by atoms with E-state index in [1.807, 2.05) is 37.4 Å². The first kappa shape index (κ1) is 22.4. The van der Waals surface area contributed by atoms with Gasteiger partial charge in [0, 0.05) is 28.2 Å². The second kappa shape index (κ2) is 10.2. The highest BCUT2D eigenvalue weighted by atomic mass is 32.1. The van der Waals surface area contributed by atoms with Crippen molar-refractivity contribution in [2.75, 3.05) is 10.6 Å². The zero-order valence-corrected chi connectivity index (χ0v) is 19.4. The molecule has 0 saturated carbocycles. The van der Waals surface area contributed by atoms with Crippen molar-refractivity contribution >= 4 is 34.5 Å². The highest BCUT2D eigenvalue weighted by Gasteiger charge is 2.10. The molecule has 0 atom stereocenters. The number of carbonyl (C=O) groups is 2. The van der Waals surface area contributed by atoms with E-state index in [4.69, 9.17) is 0 Å². The third-order valence-electron chi connectivity index (χ3n) is 5.05. The van der Waals surface area contributed by atoms with Crippen LogP contribution in [0.2, 0.25) is 0 Å². The maximum atomic E-state index is 12.7. The van der Waals surface area contributed by atoms with Crippen LogP contribution in [-0.4, -0.2) is 26.6 Å². The van der Waals surface area contributed by atoms with Crippen molar-refractivity contribution in [3.05, 3.63) is 88.0 Å². The van der Waals surface area contributed by atoms with E-state index in [1.165, 1.54) is 4.88 Å². The van der Waals surface area contributed by atoms with E-state index >= 15 is 0 Å². The summed E-state index contributed by atoms with van der Waals surface area (Å²) in [4.78, 5) is 30.6. The van der Waals surface area contributed by atoms with Crippen LogP contribution in [0.3, 0.4) is 0 Å². The Morgan fingerprint density at radius 2 is 1.88 bits per heavy atom. The first-order valence-corrected chi connectivity index (χ1v) is 11.6. The smallest absolute Gasteiger partial charge is 0.255 e. The third-order valence-corrected chi connectivity index (χ3v) is 5.98. The average molecular weight is 460 g/mol. The van der Waals surface area contributed by atoms with Gasteiger partial charge < -0.3 is 10.6 Å². The standard InChI is InChI=1S/C25H25N5O2S/c1-17-14-18(2)30(29-17)23-12-11-21(16-26-23)28-25(32)19-6-3-7-20(15-19)27-24(31)10-4-8-22-9-5-13-33-22/h3,5-7,9,11-16H,4,8,10H2,1-2H3,(H,27,31)(H,28,32). The molecule has 0 radical (unpaired) electrons. The summed E-state index contributed by atoms with van der Waals surface area (Å²) in [6.45, 7) is 3.90. The lowest BCUT2D eigenvalue weighted by Crippen LogP contribution is -2.14. The van der Waals surface area contributed by atoms with Gasteiger partial charge in [0.25, 0.3) is 5.91 Å². The Labute approximate surface area is 196 Å². The fraction of sp³-hybridized carbons (Fsp3) is 0.200. The summed E-state index contributed by atoms with van der Waals surface area (Å²) in [5, 5.41) is 12.2. The van der Waals surface area contributed by atoms with Crippen LogP contribution in [0.5, 0.6) is 0 Å². The van der Waals surface area contributed by atoms with E-state index < -0.39 is 0 Å². The number of thiophene rings is 1. The minimum Gasteiger partial charge on any atom is -0.326 e. The molecule has 2 N–H and O–H groups in total. The predicted molar refractivity (Wildman–Crippen MR) is 131 cm³/mol. The zero-order valence-electron chi connectivity index (χ0n) is 18.5. The minimum atomic E-state index is -0.274. The monoisotopic (exact) mass is 459 g/mol. The topological polar surface area (TPSA) is 88.9 Å². The molecule has 4 aromatic rings. The van der Waals surface area contributed by atoms with Crippen molar-refractivity contribution in [1.82, 2.24) is 14.8 Å². The van der Waals surface area contributed by atoms with Crippen LogP contribution in [0.25, 0.3) is 5.82 Å². The molecular formula is C25H25N5O2S. The molecule has 33 heavy (non-hydrogen) atoms. The SMILES string of the molecule is Cc1cc(C)n(-c2ccc(NC(=O)c3cccc(NC(=O)CCCc4cccs4)c3)cn2)n1. The van der Waals surface area contributed by atoms with Crippen LogP contribution in [-0.2, 0) is 11.2 Å². The third kappa shape index (κ3) is 5.93. The molecule has 3 heterocycles. The Bertz CT molecular complexity index is 1250. The van der Waals surface area contributed by atoms with Gasteiger partial charge in [-0.3, -0.25) is 9.59 Å². The highest BCUT2D eigenvalue weighted by Crippen LogP contribution is 2.17. The van der Waals surface area contributed by atoms with Crippen molar-refractivity contribution in [2.45, 2.75) is 33.1 Å². The normalized spacial score (nSPS) is 10.7. The van der Waals surface area contributed by atoms with Crippen LogP contribution < -0.4 is 10.6 Å². The molecule has 0 spiro atoms. The second-order valence-electron chi connectivity index (χ2n) is 7.76. The fourth-order valence-electron chi connectivity index (χ4n) is 3.49. The quantitative estimate of drug-likeness (QED) is 0.381. The molecule has 0 bridgehead atoms. The van der Waals surface area contributed by atoms with E-state index in [9.17, 15) is 9.59 Å². The number of amides is 2. The molecule has 0 aliphatic carbocycles. The van der Waals surface area contributed by atoms with Gasteiger partial charge in [0.2, 0.25) is 5.91 Å². The van der Waals surface area contributed by atoms with E-state index in [1.54, 1.807) is 52.5 Å². The van der Waals surface area contributed by atoms with Crippen molar-refractivity contribution in [2.24, 2.45) is 0 Å². The summed E-state index contributed by atoms with van der Waals surface area (Å²) in [5.74, 6) is 0.347. The van der Waals surface area contributed by atoms with E-state index in [0.29, 0.717) is 29.2 Å². The summed E-state index contributed by atoms with van der Waals surface area (Å²) in [6.07, 6.45) is 3.71. The van der Waals surface area contributed by atoms with Crippen LogP contribution in [0, 0.1) is 13.8 Å². The maximum absolute atomic E-state index is 12.7. The van der Waals surface area contributed by atoms with Gasteiger partial charge in [-0.1, -0.05) is 12.1 Å². The number of rotatable bonds is 8. The average Bonchev–Trinajstić information content (AvgIpc) is 3.43. The Kier molecular flexibility index (Phi) is 6.95. The molecular weight excluding hydrogens is 434 g/mol. The molecule has 0 fully saturated rings. The molecule has 0 saturated heterocycles. The number of hydrogen-bond acceptors (Lipinski definition) is 5. The van der Waals surface area contributed by atoms with Gasteiger partial charge in [-0.25, -0.2) is 9.67 Å². The van der Waals surface area contributed by atoms with Gasteiger partial charge in [0.05, 0.1) is 17.6 Å². The number of benzene rings is 1. The molecule has 3 aromatic heterocycles. The second-order valence-corrected chi connectivity index (χ2v) is 8.79. The molecule has 4 rings (SSSR count). The van der Waals surface area contributed by atoms with Gasteiger partial charge in [0.1, 0.15) is 0 Å². The van der Waals surface area contributed by atoms with E-state index in [0.717, 1.165) is 24.2 Å². The molecule has 2 amide bonds. The lowest BCUT2D eigenvalue weighted by molar-refractivity contribution is -0.116. The Balaban J connectivity index is 1.33. The molecule has 7 nitrogen and oxygen atoms in total. The lowest BCUT2D eigenvalue weighted by atomic mass is 10.1. The number of hydrogen-bond donors (Lipinski definition) is 2. The Hall–Kier alpha value is -3.78. The van der Waals surface area contributed by atoms with Crippen molar-refractivity contribution in [3.63, 3.8) is 0 Å². The summed E-state index contributed by atoms with van der Waals surface area (Å²) < 4.78 is 1.76. The maximum Gasteiger partial charge on any atom is 0.255 e. The number of pyridine rings is 1.